The van der Waals surface area contributed by atoms with Gasteiger partial charge in [0.2, 0.25) is 5.91 Å². The van der Waals surface area contributed by atoms with Crippen molar-refractivity contribution < 1.29 is 4.79 Å². The van der Waals surface area contributed by atoms with Gasteiger partial charge in [-0.05, 0) is 46.9 Å². The van der Waals surface area contributed by atoms with E-state index in [9.17, 15) is 4.79 Å². The minimum atomic E-state index is -0.191. The molecule has 0 bridgehead atoms. The summed E-state index contributed by atoms with van der Waals surface area (Å²) in [5.74, 6) is -0.217. The molecule has 4 aromatic carbocycles. The summed E-state index contributed by atoms with van der Waals surface area (Å²) in [7, 11) is 0. The van der Waals surface area contributed by atoms with Gasteiger partial charge in [0.15, 0.2) is 0 Å². The molecule has 0 aliphatic carbocycles. The van der Waals surface area contributed by atoms with Crippen molar-refractivity contribution in [3.63, 3.8) is 0 Å². The molecule has 0 aliphatic rings. The van der Waals surface area contributed by atoms with Gasteiger partial charge in [-0.3, -0.25) is 4.79 Å². The van der Waals surface area contributed by atoms with Crippen LogP contribution in [0.3, 0.4) is 0 Å². The topological polar surface area (TPSA) is 44.9 Å². The summed E-state index contributed by atoms with van der Waals surface area (Å²) in [5.41, 5.74) is 5.28. The van der Waals surface area contributed by atoms with Crippen molar-refractivity contribution in [1.29, 1.82) is 0 Å². The van der Waals surface area contributed by atoms with Gasteiger partial charge in [0.05, 0.1) is 16.1 Å². The quantitative estimate of drug-likeness (QED) is 0.216. The van der Waals surface area contributed by atoms with Crippen LogP contribution < -0.4 is 5.32 Å². The van der Waals surface area contributed by atoms with Crippen LogP contribution in [0.1, 0.15) is 40.6 Å². The highest BCUT2D eigenvalue weighted by Crippen LogP contribution is 2.36. The van der Waals surface area contributed by atoms with Gasteiger partial charge in [0, 0.05) is 29.4 Å². The zero-order valence-electron chi connectivity index (χ0n) is 19.6. The summed E-state index contributed by atoms with van der Waals surface area (Å²) in [4.78, 5) is 16.9. The van der Waals surface area contributed by atoms with E-state index >= 15 is 0 Å². The van der Waals surface area contributed by atoms with Crippen LogP contribution in [0, 0.1) is 0 Å². The van der Waals surface area contributed by atoms with Gasteiger partial charge in [-0.15, -0.1) is 0 Å². The Balaban J connectivity index is 1.46. The molecule has 0 saturated carbocycles. The predicted molar refractivity (Wildman–Crippen MR) is 149 cm³/mol. The number of halogens is 2. The van der Waals surface area contributed by atoms with E-state index in [1.165, 1.54) is 5.56 Å². The molecule has 1 amide bonds. The highest BCUT2D eigenvalue weighted by Gasteiger charge is 2.24. The maximum absolute atomic E-state index is 13.6. The van der Waals surface area contributed by atoms with Gasteiger partial charge in [0.1, 0.15) is 0 Å². The molecule has 2 N–H and O–H groups in total. The molecule has 1 heterocycles. The molecule has 1 aromatic heterocycles. The number of nitrogens with one attached hydrogen (secondary N) is 2. The van der Waals surface area contributed by atoms with Crippen molar-refractivity contribution in [2.24, 2.45) is 0 Å². The van der Waals surface area contributed by atoms with Crippen LogP contribution >= 0.6 is 23.2 Å². The first-order valence-electron chi connectivity index (χ1n) is 12.0. The van der Waals surface area contributed by atoms with Crippen LogP contribution in [0.4, 0.5) is 0 Å². The number of H-pyrrole nitrogens is 1. The average molecular weight is 513 g/mol. The van der Waals surface area contributed by atoms with Gasteiger partial charge in [0.25, 0.3) is 0 Å². The van der Waals surface area contributed by atoms with Crippen molar-refractivity contribution in [1.82, 2.24) is 10.3 Å². The third-order valence-corrected chi connectivity index (χ3v) is 7.29. The lowest BCUT2D eigenvalue weighted by atomic mass is 9.87. The Labute approximate surface area is 221 Å². The monoisotopic (exact) mass is 512 g/mol. The number of amides is 1. The highest BCUT2D eigenvalue weighted by atomic mass is 35.5. The lowest BCUT2D eigenvalue weighted by molar-refractivity contribution is -0.122. The van der Waals surface area contributed by atoms with E-state index in [2.05, 4.69) is 40.6 Å². The smallest absolute Gasteiger partial charge is 0.221 e. The van der Waals surface area contributed by atoms with Crippen molar-refractivity contribution in [3.8, 4) is 0 Å². The molecule has 0 unspecified atom stereocenters. The number of carbonyl (C=O) groups is 1. The first kappa shape index (κ1) is 24.2. The van der Waals surface area contributed by atoms with Gasteiger partial charge < -0.3 is 10.3 Å². The summed E-state index contributed by atoms with van der Waals surface area (Å²) in [6, 6.07) is 33.9. The molecule has 3 nitrogen and oxygen atoms in total. The normalized spacial score (nSPS) is 12.8. The molecular formula is C31H26Cl2N2O. The molecule has 0 aliphatic heterocycles. The maximum atomic E-state index is 13.6. The Morgan fingerprint density at radius 1 is 0.778 bits per heavy atom. The van der Waals surface area contributed by atoms with Crippen molar-refractivity contribution in [3.05, 3.63) is 142 Å². The number of rotatable bonds is 8. The molecule has 5 rings (SSSR count). The molecule has 0 saturated heterocycles. The summed E-state index contributed by atoms with van der Waals surface area (Å²) in [6.45, 7) is 0. The van der Waals surface area contributed by atoms with Gasteiger partial charge >= 0.3 is 0 Å². The van der Waals surface area contributed by atoms with Crippen LogP contribution in [0.25, 0.3) is 10.9 Å². The lowest BCUT2D eigenvalue weighted by Crippen LogP contribution is -2.31. The minimum Gasteiger partial charge on any atom is -0.361 e. The van der Waals surface area contributed by atoms with Crippen LogP contribution in [0.2, 0.25) is 10.0 Å². The molecule has 2 atom stereocenters. The van der Waals surface area contributed by atoms with Crippen molar-refractivity contribution in [2.45, 2.75) is 24.8 Å². The van der Waals surface area contributed by atoms with Gasteiger partial charge in [-0.25, -0.2) is 0 Å². The number of hydrogen-bond acceptors (Lipinski definition) is 1. The average Bonchev–Trinajstić information content (AvgIpc) is 3.34. The Kier molecular flexibility index (Phi) is 7.41. The number of para-hydroxylation sites is 1. The molecule has 0 spiro atoms. The molecular weight excluding hydrogens is 487 g/mol. The number of fused-ring (bicyclic) bond motifs is 1. The number of hydrogen-bond donors (Lipinski definition) is 2. The second kappa shape index (κ2) is 11.0. The first-order chi connectivity index (χ1) is 17.6. The number of aromatic amines is 1. The van der Waals surface area contributed by atoms with Gasteiger partial charge in [-0.1, -0.05) is 108 Å². The Morgan fingerprint density at radius 2 is 1.47 bits per heavy atom. The highest BCUT2D eigenvalue weighted by molar-refractivity contribution is 6.42. The summed E-state index contributed by atoms with van der Waals surface area (Å²) in [5, 5.41) is 5.37. The summed E-state index contributed by atoms with van der Waals surface area (Å²) < 4.78 is 0. The number of benzene rings is 4. The van der Waals surface area contributed by atoms with Gasteiger partial charge in [-0.2, -0.15) is 0 Å². The van der Waals surface area contributed by atoms with E-state index in [0.29, 0.717) is 16.5 Å². The molecule has 5 aromatic rings. The van der Waals surface area contributed by atoms with Crippen molar-refractivity contribution in [2.75, 3.05) is 0 Å². The van der Waals surface area contributed by atoms with Crippen LogP contribution in [-0.4, -0.2) is 10.9 Å². The van der Waals surface area contributed by atoms with Crippen molar-refractivity contribution >= 4 is 40.0 Å². The molecule has 5 heteroatoms. The Morgan fingerprint density at radius 3 is 2.22 bits per heavy atom. The number of carbonyl (C=O) groups excluding carboxylic acids is 1. The van der Waals surface area contributed by atoms with E-state index in [4.69, 9.17) is 23.2 Å². The molecule has 0 fully saturated rings. The predicted octanol–water partition coefficient (Wildman–Crippen LogP) is 8.10. The molecule has 36 heavy (non-hydrogen) atoms. The Bertz CT molecular complexity index is 1460. The van der Waals surface area contributed by atoms with Crippen LogP contribution in [0.5, 0.6) is 0 Å². The standard InChI is InChI=1S/C31H26Cl2N2O/c32-27-16-15-23(18-28(27)33)25(26-20-34-29-14-8-7-13-24(26)29)19-31(36)35-30(22-11-5-2-6-12-22)17-21-9-3-1-4-10-21/h1-16,18,20,25,30,34H,17,19H2,(H,35,36)/t25-,30-/m1/s1. The summed E-state index contributed by atoms with van der Waals surface area (Å²) in [6.07, 6.45) is 2.98. The fraction of sp³-hybridized carbons (Fsp3) is 0.129. The lowest BCUT2D eigenvalue weighted by Gasteiger charge is -2.23. The SMILES string of the molecule is O=C(C[C@H](c1ccc(Cl)c(Cl)c1)c1c[nH]c2ccccc12)N[C@H](Cc1ccccc1)c1ccccc1. The van der Waals surface area contributed by atoms with E-state index < -0.39 is 0 Å². The van der Waals surface area contributed by atoms with E-state index in [1.807, 2.05) is 72.9 Å². The first-order valence-corrected chi connectivity index (χ1v) is 12.7. The zero-order chi connectivity index (χ0) is 24.9. The van der Waals surface area contributed by atoms with Crippen LogP contribution in [-0.2, 0) is 11.2 Å². The minimum absolute atomic E-state index is 0.0267. The largest absolute Gasteiger partial charge is 0.361 e. The van der Waals surface area contributed by atoms with E-state index in [1.54, 1.807) is 6.07 Å². The fourth-order valence-electron chi connectivity index (χ4n) is 4.74. The van der Waals surface area contributed by atoms with Crippen LogP contribution in [0.15, 0.2) is 109 Å². The molecule has 0 radical (unpaired) electrons. The second-order valence-electron chi connectivity index (χ2n) is 8.94. The summed E-state index contributed by atoms with van der Waals surface area (Å²) >= 11 is 12.6. The number of aromatic nitrogens is 1. The Hall–Kier alpha value is -3.53. The fourth-order valence-corrected chi connectivity index (χ4v) is 5.05. The second-order valence-corrected chi connectivity index (χ2v) is 9.75. The third kappa shape index (κ3) is 5.48. The zero-order valence-corrected chi connectivity index (χ0v) is 21.1. The third-order valence-electron chi connectivity index (χ3n) is 6.55. The van der Waals surface area contributed by atoms with E-state index in [-0.39, 0.29) is 24.3 Å². The maximum Gasteiger partial charge on any atom is 0.221 e. The molecule has 180 valence electrons. The van der Waals surface area contributed by atoms with E-state index in [0.717, 1.165) is 27.6 Å².